The van der Waals surface area contributed by atoms with Crippen LogP contribution in [0.3, 0.4) is 0 Å². The van der Waals surface area contributed by atoms with E-state index in [2.05, 4.69) is 15.2 Å². The molecular formula is C14H13N5OS. The molecular weight excluding hydrogens is 286 g/mol. The zero-order valence-electron chi connectivity index (χ0n) is 11.1. The molecule has 1 aliphatic rings. The summed E-state index contributed by atoms with van der Waals surface area (Å²) in [6.07, 6.45) is 3.80. The van der Waals surface area contributed by atoms with Crippen molar-refractivity contribution >= 4 is 28.4 Å². The van der Waals surface area contributed by atoms with E-state index in [-0.39, 0.29) is 11.7 Å². The number of nitrogens with two attached hydrogens (primary N) is 1. The van der Waals surface area contributed by atoms with Gasteiger partial charge in [0.25, 0.3) is 0 Å². The summed E-state index contributed by atoms with van der Waals surface area (Å²) in [6.45, 7) is 0. The zero-order valence-corrected chi connectivity index (χ0v) is 11.9. The van der Waals surface area contributed by atoms with Gasteiger partial charge in [-0.05, 0) is 42.8 Å². The standard InChI is InChI=1S/C14H13N5OS/c15-10-5-6-11(9-2-1-7-16-12(9)10)21-14-18-17-13(20)19(14)8-3-4-8/h1-2,5-8H,3-4,15H2,(H,17,20). The van der Waals surface area contributed by atoms with Crippen LogP contribution in [0, 0.1) is 0 Å². The van der Waals surface area contributed by atoms with Crippen LogP contribution in [0.5, 0.6) is 0 Å². The van der Waals surface area contributed by atoms with E-state index in [1.54, 1.807) is 10.8 Å². The molecule has 3 N–H and O–H groups in total. The van der Waals surface area contributed by atoms with Crippen molar-refractivity contribution in [2.24, 2.45) is 0 Å². The maximum absolute atomic E-state index is 11.8. The summed E-state index contributed by atoms with van der Waals surface area (Å²) in [6, 6.07) is 7.93. The molecule has 0 saturated heterocycles. The summed E-state index contributed by atoms with van der Waals surface area (Å²) < 4.78 is 1.74. The first kappa shape index (κ1) is 12.5. The second-order valence-corrected chi connectivity index (χ2v) is 6.08. The number of hydrogen-bond donors (Lipinski definition) is 2. The van der Waals surface area contributed by atoms with Gasteiger partial charge in [0.15, 0.2) is 5.16 Å². The molecule has 1 aliphatic carbocycles. The molecule has 1 saturated carbocycles. The number of nitrogen functional groups attached to an aromatic ring is 1. The molecule has 0 spiro atoms. The monoisotopic (exact) mass is 299 g/mol. The molecule has 0 unspecified atom stereocenters. The lowest BCUT2D eigenvalue weighted by molar-refractivity contribution is 0.642. The third-order valence-electron chi connectivity index (χ3n) is 3.55. The van der Waals surface area contributed by atoms with Crippen LogP contribution < -0.4 is 11.4 Å². The fraction of sp³-hybridized carbons (Fsp3) is 0.214. The molecule has 0 atom stereocenters. The molecule has 0 bridgehead atoms. The van der Waals surface area contributed by atoms with Crippen LogP contribution in [-0.4, -0.2) is 19.7 Å². The summed E-state index contributed by atoms with van der Waals surface area (Å²) in [4.78, 5) is 17.1. The Morgan fingerprint density at radius 1 is 1.33 bits per heavy atom. The van der Waals surface area contributed by atoms with E-state index in [9.17, 15) is 4.79 Å². The summed E-state index contributed by atoms with van der Waals surface area (Å²) in [5.41, 5.74) is 7.25. The minimum atomic E-state index is -0.141. The average Bonchev–Trinajstić information content (AvgIpc) is 3.27. The zero-order chi connectivity index (χ0) is 14.4. The van der Waals surface area contributed by atoms with Crippen molar-refractivity contribution in [2.45, 2.75) is 28.9 Å². The van der Waals surface area contributed by atoms with Crippen LogP contribution in [0.4, 0.5) is 5.69 Å². The Bertz CT molecular complexity index is 880. The van der Waals surface area contributed by atoms with Crippen LogP contribution >= 0.6 is 11.8 Å². The van der Waals surface area contributed by atoms with Crippen LogP contribution in [0.2, 0.25) is 0 Å². The van der Waals surface area contributed by atoms with E-state index in [0.29, 0.717) is 10.8 Å². The molecule has 0 amide bonds. The smallest absolute Gasteiger partial charge is 0.344 e. The summed E-state index contributed by atoms with van der Waals surface area (Å²) in [7, 11) is 0. The van der Waals surface area contributed by atoms with Crippen molar-refractivity contribution in [1.82, 2.24) is 19.7 Å². The fourth-order valence-corrected chi connectivity index (χ4v) is 3.40. The first-order valence-electron chi connectivity index (χ1n) is 6.72. The number of H-pyrrole nitrogens is 1. The van der Waals surface area contributed by atoms with Gasteiger partial charge in [-0.25, -0.2) is 9.89 Å². The summed E-state index contributed by atoms with van der Waals surface area (Å²) in [5.74, 6) is 0. The Hall–Kier alpha value is -2.28. The van der Waals surface area contributed by atoms with E-state index in [0.717, 1.165) is 28.6 Å². The van der Waals surface area contributed by atoms with E-state index in [1.807, 2.05) is 24.3 Å². The lowest BCUT2D eigenvalue weighted by Crippen LogP contribution is -2.16. The molecule has 106 valence electrons. The van der Waals surface area contributed by atoms with Crippen molar-refractivity contribution in [1.29, 1.82) is 0 Å². The maximum atomic E-state index is 11.8. The van der Waals surface area contributed by atoms with Gasteiger partial charge in [-0.2, -0.15) is 0 Å². The van der Waals surface area contributed by atoms with Gasteiger partial charge < -0.3 is 5.73 Å². The minimum Gasteiger partial charge on any atom is -0.397 e. The van der Waals surface area contributed by atoms with Crippen molar-refractivity contribution < 1.29 is 0 Å². The lowest BCUT2D eigenvalue weighted by atomic mass is 10.2. The van der Waals surface area contributed by atoms with Gasteiger partial charge in [-0.15, -0.1) is 5.10 Å². The first-order chi connectivity index (χ1) is 10.2. The first-order valence-corrected chi connectivity index (χ1v) is 7.53. The van der Waals surface area contributed by atoms with E-state index < -0.39 is 0 Å². The van der Waals surface area contributed by atoms with Gasteiger partial charge >= 0.3 is 5.69 Å². The molecule has 4 rings (SSSR count). The number of nitrogens with zero attached hydrogens (tertiary/aromatic N) is 3. The number of benzene rings is 1. The van der Waals surface area contributed by atoms with Gasteiger partial charge in [0, 0.05) is 22.5 Å². The third-order valence-corrected chi connectivity index (χ3v) is 4.59. The lowest BCUT2D eigenvalue weighted by Gasteiger charge is -2.08. The molecule has 6 nitrogen and oxygen atoms in total. The summed E-state index contributed by atoms with van der Waals surface area (Å²) in [5, 5.41) is 8.34. The number of hydrogen-bond acceptors (Lipinski definition) is 5. The predicted octanol–water partition coefficient (Wildman–Crippen LogP) is 2.19. The SMILES string of the molecule is Nc1ccc(Sc2n[nH]c(=O)n2C2CC2)c2cccnc12. The van der Waals surface area contributed by atoms with Crippen molar-refractivity contribution in [3.63, 3.8) is 0 Å². The Morgan fingerprint density at radius 2 is 2.19 bits per heavy atom. The maximum Gasteiger partial charge on any atom is 0.344 e. The van der Waals surface area contributed by atoms with Gasteiger partial charge in [-0.3, -0.25) is 9.55 Å². The molecule has 3 aromatic rings. The molecule has 2 aromatic heterocycles. The van der Waals surface area contributed by atoms with Crippen LogP contribution in [0.25, 0.3) is 10.9 Å². The highest BCUT2D eigenvalue weighted by atomic mass is 32.2. The van der Waals surface area contributed by atoms with Crippen LogP contribution in [0.1, 0.15) is 18.9 Å². The second kappa shape index (κ2) is 4.63. The number of aromatic amines is 1. The highest BCUT2D eigenvalue weighted by Gasteiger charge is 2.28. The van der Waals surface area contributed by atoms with Crippen LogP contribution in [-0.2, 0) is 0 Å². The highest BCUT2D eigenvalue weighted by molar-refractivity contribution is 7.99. The number of nitrogens with one attached hydrogen (secondary N) is 1. The van der Waals surface area contributed by atoms with E-state index >= 15 is 0 Å². The Morgan fingerprint density at radius 3 is 3.00 bits per heavy atom. The Balaban J connectivity index is 1.82. The summed E-state index contributed by atoms with van der Waals surface area (Å²) >= 11 is 1.47. The number of fused-ring (bicyclic) bond motifs is 1. The van der Waals surface area contributed by atoms with E-state index in [4.69, 9.17) is 5.73 Å². The number of anilines is 1. The van der Waals surface area contributed by atoms with Gasteiger partial charge in [0.2, 0.25) is 0 Å². The molecule has 1 aromatic carbocycles. The number of aromatic nitrogens is 4. The predicted molar refractivity (Wildman–Crippen MR) is 81.4 cm³/mol. The largest absolute Gasteiger partial charge is 0.397 e. The van der Waals surface area contributed by atoms with Crippen LogP contribution in [0.15, 0.2) is 45.3 Å². The molecule has 0 radical (unpaired) electrons. The fourth-order valence-electron chi connectivity index (χ4n) is 2.37. The van der Waals surface area contributed by atoms with Gasteiger partial charge in [-0.1, -0.05) is 6.07 Å². The number of rotatable bonds is 3. The topological polar surface area (TPSA) is 89.6 Å². The molecule has 0 aliphatic heterocycles. The molecule has 21 heavy (non-hydrogen) atoms. The van der Waals surface area contributed by atoms with Crippen molar-refractivity contribution in [3.05, 3.63) is 40.9 Å². The quantitative estimate of drug-likeness (QED) is 0.724. The van der Waals surface area contributed by atoms with Gasteiger partial charge in [0.1, 0.15) is 0 Å². The van der Waals surface area contributed by atoms with Crippen molar-refractivity contribution in [3.8, 4) is 0 Å². The molecule has 2 heterocycles. The van der Waals surface area contributed by atoms with E-state index in [1.165, 1.54) is 11.8 Å². The third kappa shape index (κ3) is 2.09. The van der Waals surface area contributed by atoms with Crippen molar-refractivity contribution in [2.75, 3.05) is 5.73 Å². The molecule has 7 heteroatoms. The van der Waals surface area contributed by atoms with Gasteiger partial charge in [0.05, 0.1) is 11.2 Å². The highest BCUT2D eigenvalue weighted by Crippen LogP contribution is 2.39. The normalized spacial score (nSPS) is 14.7. The number of pyridine rings is 1. The minimum absolute atomic E-state index is 0.141. The Labute approximate surface area is 124 Å². The molecule has 1 fully saturated rings. The Kier molecular flexibility index (Phi) is 2.75. The average molecular weight is 299 g/mol. The second-order valence-electron chi connectivity index (χ2n) is 5.07.